The number of carbonyl (C=O) groups excluding carboxylic acids is 1. The number of nitrogens with zero attached hydrogens (tertiary/aromatic N) is 1. The molecule has 3 aromatic carbocycles. The number of hydrogen-bond donors (Lipinski definition) is 4. The molecule has 4 aromatic rings. The van der Waals surface area contributed by atoms with Crippen molar-refractivity contribution in [3.8, 4) is 22.6 Å². The van der Waals surface area contributed by atoms with Crippen LogP contribution in [0, 0.1) is 6.92 Å². The van der Waals surface area contributed by atoms with Gasteiger partial charge in [-0.3, -0.25) is 4.79 Å². The van der Waals surface area contributed by atoms with E-state index in [-0.39, 0.29) is 23.3 Å². The van der Waals surface area contributed by atoms with Crippen molar-refractivity contribution in [3.05, 3.63) is 71.5 Å². The summed E-state index contributed by atoms with van der Waals surface area (Å²) >= 11 is 0. The van der Waals surface area contributed by atoms with Crippen LogP contribution in [0.15, 0.2) is 59.5 Å². The van der Waals surface area contributed by atoms with Gasteiger partial charge in [-0.1, -0.05) is 61.7 Å². The molecule has 8 nitrogen and oxygen atoms in total. The third-order valence-electron chi connectivity index (χ3n) is 5.95. The molecule has 0 aliphatic carbocycles. The monoisotopic (exact) mass is 507 g/mol. The van der Waals surface area contributed by atoms with Crippen LogP contribution in [-0.2, 0) is 27.7 Å². The molecule has 0 saturated heterocycles. The third kappa shape index (κ3) is 5.36. The standard InChI is InChI=1S/C27H29N3O5S/c1-3-4-5-10-19-15-22(31)25(18-11-8-9-17(2)14-18)26(33)27(19)36(34,35)30-24(32)16-23-28-20-12-6-7-13-21(20)29-23/h6-9,11-15,31,33H,3-5,10,16H2,1-2H3,(H,28,29)(H,30,32). The van der Waals surface area contributed by atoms with Crippen LogP contribution < -0.4 is 4.72 Å². The first-order valence-electron chi connectivity index (χ1n) is 11.8. The highest BCUT2D eigenvalue weighted by atomic mass is 32.2. The Labute approximate surface area is 210 Å². The summed E-state index contributed by atoms with van der Waals surface area (Å²) in [5.74, 6) is -1.28. The maximum atomic E-state index is 13.4. The van der Waals surface area contributed by atoms with Gasteiger partial charge in [0.25, 0.3) is 10.0 Å². The zero-order valence-corrected chi connectivity index (χ0v) is 21.0. The number of rotatable bonds is 9. The van der Waals surface area contributed by atoms with E-state index in [4.69, 9.17) is 0 Å². The van der Waals surface area contributed by atoms with Crippen molar-refractivity contribution < 1.29 is 23.4 Å². The summed E-state index contributed by atoms with van der Waals surface area (Å²) in [6, 6.07) is 15.6. The fourth-order valence-electron chi connectivity index (χ4n) is 4.30. The molecule has 0 bridgehead atoms. The van der Waals surface area contributed by atoms with Gasteiger partial charge in [0.05, 0.1) is 23.0 Å². The zero-order valence-electron chi connectivity index (χ0n) is 20.2. The topological polar surface area (TPSA) is 132 Å². The van der Waals surface area contributed by atoms with Crippen molar-refractivity contribution in [2.24, 2.45) is 0 Å². The molecule has 188 valence electrons. The number of benzene rings is 3. The summed E-state index contributed by atoms with van der Waals surface area (Å²) in [6.45, 7) is 3.87. The number of hydrogen-bond acceptors (Lipinski definition) is 6. The molecule has 9 heteroatoms. The third-order valence-corrected chi connectivity index (χ3v) is 7.44. The van der Waals surface area contributed by atoms with E-state index in [1.165, 1.54) is 6.07 Å². The Hall–Kier alpha value is -3.85. The number of para-hydroxylation sites is 2. The molecular formula is C27H29N3O5S. The lowest BCUT2D eigenvalue weighted by Crippen LogP contribution is -2.32. The van der Waals surface area contributed by atoms with Crippen molar-refractivity contribution in [3.63, 3.8) is 0 Å². The largest absolute Gasteiger partial charge is 0.507 e. The van der Waals surface area contributed by atoms with Crippen LogP contribution in [0.3, 0.4) is 0 Å². The van der Waals surface area contributed by atoms with Crippen LogP contribution in [0.2, 0.25) is 0 Å². The number of phenolic OH excluding ortho intramolecular Hbond substituents is 2. The molecule has 1 aromatic heterocycles. The van der Waals surface area contributed by atoms with Crippen molar-refractivity contribution in [1.82, 2.24) is 14.7 Å². The van der Waals surface area contributed by atoms with E-state index in [0.717, 1.165) is 23.9 Å². The first kappa shape index (κ1) is 25.2. The second kappa shape index (κ2) is 10.4. The van der Waals surface area contributed by atoms with Gasteiger partial charge >= 0.3 is 0 Å². The average molecular weight is 508 g/mol. The van der Waals surface area contributed by atoms with Crippen LogP contribution in [0.1, 0.15) is 43.1 Å². The number of H-pyrrole nitrogens is 1. The van der Waals surface area contributed by atoms with Gasteiger partial charge in [0, 0.05) is 0 Å². The summed E-state index contributed by atoms with van der Waals surface area (Å²) in [4.78, 5) is 19.7. The van der Waals surface area contributed by atoms with Gasteiger partial charge in [0.1, 0.15) is 22.2 Å². The first-order valence-corrected chi connectivity index (χ1v) is 13.3. The number of aryl methyl sites for hydroxylation is 2. The number of aromatic nitrogens is 2. The van der Waals surface area contributed by atoms with Gasteiger partial charge in [-0.2, -0.15) is 0 Å². The smallest absolute Gasteiger partial charge is 0.268 e. The Morgan fingerprint density at radius 1 is 1.06 bits per heavy atom. The van der Waals surface area contributed by atoms with Crippen molar-refractivity contribution in [2.75, 3.05) is 0 Å². The zero-order chi connectivity index (χ0) is 25.9. The number of amides is 1. The van der Waals surface area contributed by atoms with Crippen LogP contribution in [0.4, 0.5) is 0 Å². The molecular weight excluding hydrogens is 478 g/mol. The molecule has 0 unspecified atom stereocenters. The molecule has 1 amide bonds. The number of aromatic amines is 1. The Bertz CT molecular complexity index is 1490. The number of sulfonamides is 1. The Morgan fingerprint density at radius 3 is 2.56 bits per heavy atom. The maximum absolute atomic E-state index is 13.4. The molecule has 0 atom stereocenters. The van der Waals surface area contributed by atoms with Crippen LogP contribution in [-0.4, -0.2) is 34.5 Å². The maximum Gasteiger partial charge on any atom is 0.268 e. The quantitative estimate of drug-likeness (QED) is 0.242. The van der Waals surface area contributed by atoms with E-state index < -0.39 is 26.6 Å². The second-order valence-electron chi connectivity index (χ2n) is 8.84. The highest BCUT2D eigenvalue weighted by Gasteiger charge is 2.29. The van der Waals surface area contributed by atoms with Gasteiger partial charge < -0.3 is 15.2 Å². The number of nitrogens with one attached hydrogen (secondary N) is 2. The molecule has 0 radical (unpaired) electrons. The minimum atomic E-state index is -4.47. The molecule has 0 aliphatic heterocycles. The molecule has 0 aliphatic rings. The average Bonchev–Trinajstić information content (AvgIpc) is 3.20. The van der Waals surface area contributed by atoms with Gasteiger partial charge in [0.2, 0.25) is 5.91 Å². The molecule has 0 fully saturated rings. The Balaban J connectivity index is 1.71. The summed E-state index contributed by atoms with van der Waals surface area (Å²) < 4.78 is 29.0. The normalized spacial score (nSPS) is 11.6. The summed E-state index contributed by atoms with van der Waals surface area (Å²) in [7, 11) is -4.47. The van der Waals surface area contributed by atoms with Crippen LogP contribution in [0.5, 0.6) is 11.5 Å². The van der Waals surface area contributed by atoms with Crippen molar-refractivity contribution in [1.29, 1.82) is 0 Å². The van der Waals surface area contributed by atoms with E-state index in [0.29, 0.717) is 29.7 Å². The summed E-state index contributed by atoms with van der Waals surface area (Å²) in [5, 5.41) is 21.9. The lowest BCUT2D eigenvalue weighted by Gasteiger charge is -2.18. The highest BCUT2D eigenvalue weighted by molar-refractivity contribution is 7.90. The second-order valence-corrected chi connectivity index (χ2v) is 10.5. The van der Waals surface area contributed by atoms with E-state index in [2.05, 4.69) is 14.7 Å². The minimum absolute atomic E-state index is 0.00282. The van der Waals surface area contributed by atoms with Gasteiger partial charge in [-0.25, -0.2) is 18.1 Å². The van der Waals surface area contributed by atoms with E-state index in [1.807, 2.05) is 38.1 Å². The number of fused-ring (bicyclic) bond motifs is 1. The SMILES string of the molecule is CCCCCc1cc(O)c(-c2cccc(C)c2)c(O)c1S(=O)(=O)NC(=O)Cc1nc2ccccc2[nH]1. The summed E-state index contributed by atoms with van der Waals surface area (Å²) in [5.41, 5.74) is 3.00. The lowest BCUT2D eigenvalue weighted by molar-refractivity contribution is -0.118. The van der Waals surface area contributed by atoms with Gasteiger partial charge in [0.15, 0.2) is 0 Å². The van der Waals surface area contributed by atoms with Crippen LogP contribution >= 0.6 is 0 Å². The number of carbonyl (C=O) groups is 1. The number of unbranched alkanes of at least 4 members (excludes halogenated alkanes) is 2. The number of imidazole rings is 1. The fraction of sp³-hybridized carbons (Fsp3) is 0.259. The molecule has 0 saturated carbocycles. The predicted molar refractivity (Wildman–Crippen MR) is 138 cm³/mol. The lowest BCUT2D eigenvalue weighted by atomic mass is 9.97. The fourth-order valence-corrected chi connectivity index (χ4v) is 5.64. The van der Waals surface area contributed by atoms with Crippen molar-refractivity contribution in [2.45, 2.75) is 50.8 Å². The van der Waals surface area contributed by atoms with Gasteiger partial charge in [-0.15, -0.1) is 0 Å². The van der Waals surface area contributed by atoms with Crippen molar-refractivity contribution >= 4 is 27.0 Å². The van der Waals surface area contributed by atoms with E-state index >= 15 is 0 Å². The van der Waals surface area contributed by atoms with E-state index in [9.17, 15) is 23.4 Å². The number of aromatic hydroxyl groups is 2. The Kier molecular flexibility index (Phi) is 7.30. The predicted octanol–water partition coefficient (Wildman–Crippen LogP) is 4.73. The number of phenols is 2. The minimum Gasteiger partial charge on any atom is -0.507 e. The van der Waals surface area contributed by atoms with Crippen LogP contribution in [0.25, 0.3) is 22.2 Å². The highest BCUT2D eigenvalue weighted by Crippen LogP contribution is 2.44. The molecule has 1 heterocycles. The summed E-state index contributed by atoms with van der Waals surface area (Å²) in [6.07, 6.45) is 2.45. The molecule has 4 rings (SSSR count). The van der Waals surface area contributed by atoms with E-state index in [1.54, 1.807) is 24.3 Å². The molecule has 0 spiro atoms. The molecule has 4 N–H and O–H groups in total. The first-order chi connectivity index (χ1) is 17.2. The Morgan fingerprint density at radius 2 is 1.83 bits per heavy atom. The van der Waals surface area contributed by atoms with Gasteiger partial charge in [-0.05, 0) is 49.1 Å². The molecule has 36 heavy (non-hydrogen) atoms.